The Bertz CT molecular complexity index is 658. The van der Waals surface area contributed by atoms with Gasteiger partial charge in [-0.3, -0.25) is 4.79 Å². The first-order chi connectivity index (χ1) is 10.1. The van der Waals surface area contributed by atoms with Gasteiger partial charge in [0, 0.05) is 30.1 Å². The minimum atomic E-state index is 0. The number of amides is 1. The van der Waals surface area contributed by atoms with E-state index in [0.29, 0.717) is 11.7 Å². The number of nitrogens with two attached hydrogens (primary N) is 1. The van der Waals surface area contributed by atoms with Gasteiger partial charge < -0.3 is 15.6 Å². The first-order valence-corrected chi connectivity index (χ1v) is 7.09. The molecule has 3 N–H and O–H groups in total. The van der Waals surface area contributed by atoms with Gasteiger partial charge in [-0.25, -0.2) is 0 Å². The first kappa shape index (κ1) is 16.5. The Kier molecular flexibility index (Phi) is 5.15. The van der Waals surface area contributed by atoms with Gasteiger partial charge in [-0.1, -0.05) is 17.3 Å². The molecule has 7 heteroatoms. The maximum atomic E-state index is 12.2. The van der Waals surface area contributed by atoms with Gasteiger partial charge in [-0.05, 0) is 31.4 Å². The van der Waals surface area contributed by atoms with Crippen LogP contribution in [0.2, 0.25) is 0 Å². The molecule has 1 amide bonds. The van der Waals surface area contributed by atoms with Crippen LogP contribution >= 0.6 is 12.4 Å². The molecule has 1 saturated carbocycles. The molecule has 0 saturated heterocycles. The van der Waals surface area contributed by atoms with Crippen LogP contribution in [-0.2, 0) is 4.79 Å². The van der Waals surface area contributed by atoms with E-state index in [1.807, 2.05) is 24.3 Å². The highest BCUT2D eigenvalue weighted by Crippen LogP contribution is 2.26. The van der Waals surface area contributed by atoms with Crippen molar-refractivity contribution in [1.82, 2.24) is 10.1 Å². The second kappa shape index (κ2) is 6.89. The molecular formula is C15H19ClN4O2. The van der Waals surface area contributed by atoms with Crippen LogP contribution in [0.25, 0.3) is 11.4 Å². The van der Waals surface area contributed by atoms with Gasteiger partial charge in [0.1, 0.15) is 0 Å². The predicted molar refractivity (Wildman–Crippen MR) is 85.7 cm³/mol. The fraction of sp³-hybridized carbons (Fsp3) is 0.400. The van der Waals surface area contributed by atoms with Gasteiger partial charge in [0.25, 0.3) is 0 Å². The number of hydrogen-bond donors (Lipinski definition) is 2. The zero-order chi connectivity index (χ0) is 14.8. The molecule has 3 rings (SSSR count). The van der Waals surface area contributed by atoms with E-state index in [1.54, 1.807) is 6.92 Å². The quantitative estimate of drug-likeness (QED) is 0.905. The summed E-state index contributed by atoms with van der Waals surface area (Å²) in [5, 5.41) is 6.82. The van der Waals surface area contributed by atoms with Gasteiger partial charge in [0.2, 0.25) is 17.6 Å². The number of rotatable bonds is 3. The van der Waals surface area contributed by atoms with E-state index < -0.39 is 0 Å². The third kappa shape index (κ3) is 3.64. The van der Waals surface area contributed by atoms with E-state index in [-0.39, 0.29) is 30.3 Å². The Balaban J connectivity index is 0.00000176. The van der Waals surface area contributed by atoms with Crippen molar-refractivity contribution in [3.05, 3.63) is 30.2 Å². The summed E-state index contributed by atoms with van der Waals surface area (Å²) in [7, 11) is 0. The van der Waals surface area contributed by atoms with Gasteiger partial charge in [0.05, 0.1) is 0 Å². The Morgan fingerprint density at radius 2 is 2.23 bits per heavy atom. The number of halogens is 1. The molecule has 0 bridgehead atoms. The highest BCUT2D eigenvalue weighted by atomic mass is 35.5. The van der Waals surface area contributed by atoms with Crippen LogP contribution in [0.3, 0.4) is 0 Å². The number of carbonyl (C=O) groups is 1. The molecule has 1 heterocycles. The third-order valence-corrected chi connectivity index (χ3v) is 3.76. The molecule has 2 unspecified atom stereocenters. The predicted octanol–water partition coefficient (Wildman–Crippen LogP) is 2.53. The van der Waals surface area contributed by atoms with Gasteiger partial charge in [-0.15, -0.1) is 12.4 Å². The molecule has 0 aliphatic heterocycles. The molecule has 0 radical (unpaired) electrons. The second-order valence-electron chi connectivity index (χ2n) is 5.48. The third-order valence-electron chi connectivity index (χ3n) is 3.76. The van der Waals surface area contributed by atoms with Crippen molar-refractivity contribution in [3.8, 4) is 11.4 Å². The largest absolute Gasteiger partial charge is 0.339 e. The van der Waals surface area contributed by atoms with Crippen LogP contribution in [0, 0.1) is 12.8 Å². The topological polar surface area (TPSA) is 94.0 Å². The number of anilines is 1. The molecule has 1 aromatic heterocycles. The summed E-state index contributed by atoms with van der Waals surface area (Å²) in [5.41, 5.74) is 7.40. The highest BCUT2D eigenvalue weighted by molar-refractivity contribution is 5.93. The summed E-state index contributed by atoms with van der Waals surface area (Å²) in [6.45, 7) is 1.74. The normalized spacial score (nSPS) is 20.5. The fourth-order valence-corrected chi connectivity index (χ4v) is 2.65. The Morgan fingerprint density at radius 3 is 2.86 bits per heavy atom. The maximum absolute atomic E-state index is 12.2. The Morgan fingerprint density at radius 1 is 1.41 bits per heavy atom. The number of nitrogens with zero attached hydrogens (tertiary/aromatic N) is 2. The SMILES string of the molecule is Cc1nc(-c2cccc(NC(=O)C3CCC(N)C3)c2)no1.Cl. The van der Waals surface area contributed by atoms with E-state index in [2.05, 4.69) is 15.5 Å². The number of hydrogen-bond acceptors (Lipinski definition) is 5. The molecule has 0 spiro atoms. The van der Waals surface area contributed by atoms with Crippen LogP contribution in [0.15, 0.2) is 28.8 Å². The zero-order valence-electron chi connectivity index (χ0n) is 12.3. The van der Waals surface area contributed by atoms with Gasteiger partial charge >= 0.3 is 0 Å². The lowest BCUT2D eigenvalue weighted by Crippen LogP contribution is -2.23. The molecule has 1 aliphatic carbocycles. The summed E-state index contributed by atoms with van der Waals surface area (Å²) >= 11 is 0. The number of nitrogens with one attached hydrogen (secondary N) is 1. The second-order valence-corrected chi connectivity index (χ2v) is 5.48. The van der Waals surface area contributed by atoms with E-state index in [1.165, 1.54) is 0 Å². The molecule has 1 aliphatic rings. The lowest BCUT2D eigenvalue weighted by atomic mass is 10.1. The molecular weight excluding hydrogens is 304 g/mol. The molecule has 2 atom stereocenters. The molecule has 118 valence electrons. The first-order valence-electron chi connectivity index (χ1n) is 7.09. The van der Waals surface area contributed by atoms with Gasteiger partial charge in [-0.2, -0.15) is 4.98 Å². The smallest absolute Gasteiger partial charge is 0.227 e. The summed E-state index contributed by atoms with van der Waals surface area (Å²) in [4.78, 5) is 16.4. The lowest BCUT2D eigenvalue weighted by molar-refractivity contribution is -0.119. The lowest BCUT2D eigenvalue weighted by Gasteiger charge is -2.11. The van der Waals surface area contributed by atoms with Gasteiger partial charge in [0.15, 0.2) is 0 Å². The van der Waals surface area contributed by atoms with Crippen molar-refractivity contribution >= 4 is 24.0 Å². The van der Waals surface area contributed by atoms with Crippen LogP contribution in [0.5, 0.6) is 0 Å². The van der Waals surface area contributed by atoms with Crippen molar-refractivity contribution in [2.75, 3.05) is 5.32 Å². The average molecular weight is 323 g/mol. The average Bonchev–Trinajstić information content (AvgIpc) is 3.08. The summed E-state index contributed by atoms with van der Waals surface area (Å²) in [6.07, 6.45) is 2.53. The summed E-state index contributed by atoms with van der Waals surface area (Å²) < 4.78 is 4.97. The molecule has 1 fully saturated rings. The van der Waals surface area contributed by atoms with Crippen molar-refractivity contribution in [3.63, 3.8) is 0 Å². The van der Waals surface area contributed by atoms with Crippen LogP contribution in [0.4, 0.5) is 5.69 Å². The summed E-state index contributed by atoms with van der Waals surface area (Å²) in [6, 6.07) is 7.58. The van der Waals surface area contributed by atoms with Crippen molar-refractivity contribution < 1.29 is 9.32 Å². The molecule has 1 aromatic carbocycles. The van der Waals surface area contributed by atoms with Crippen molar-refractivity contribution in [1.29, 1.82) is 0 Å². The minimum absolute atomic E-state index is 0. The Hall–Kier alpha value is -1.92. The summed E-state index contributed by atoms with van der Waals surface area (Å²) in [5.74, 6) is 1.08. The van der Waals surface area contributed by atoms with Crippen LogP contribution < -0.4 is 11.1 Å². The standard InChI is InChI=1S/C15H18N4O2.ClH/c1-9-17-14(19-21-9)10-3-2-4-13(8-10)18-15(20)11-5-6-12(16)7-11;/h2-4,8,11-12H,5-7,16H2,1H3,(H,18,20);1H. The molecule has 22 heavy (non-hydrogen) atoms. The molecule has 6 nitrogen and oxygen atoms in total. The maximum Gasteiger partial charge on any atom is 0.227 e. The molecule has 2 aromatic rings. The number of aryl methyl sites for hydroxylation is 1. The van der Waals surface area contributed by atoms with E-state index in [9.17, 15) is 4.79 Å². The van der Waals surface area contributed by atoms with Crippen LogP contribution in [0.1, 0.15) is 25.2 Å². The number of carbonyl (C=O) groups excluding carboxylic acids is 1. The number of benzene rings is 1. The Labute approximate surface area is 134 Å². The van der Waals surface area contributed by atoms with Crippen molar-refractivity contribution in [2.24, 2.45) is 11.7 Å². The van der Waals surface area contributed by atoms with E-state index >= 15 is 0 Å². The monoisotopic (exact) mass is 322 g/mol. The fourth-order valence-electron chi connectivity index (χ4n) is 2.65. The zero-order valence-corrected chi connectivity index (χ0v) is 13.1. The van der Waals surface area contributed by atoms with Crippen LogP contribution in [-0.4, -0.2) is 22.1 Å². The minimum Gasteiger partial charge on any atom is -0.339 e. The highest BCUT2D eigenvalue weighted by Gasteiger charge is 2.27. The van der Waals surface area contributed by atoms with E-state index in [0.717, 1.165) is 30.5 Å². The van der Waals surface area contributed by atoms with Crippen molar-refractivity contribution in [2.45, 2.75) is 32.2 Å². The van der Waals surface area contributed by atoms with E-state index in [4.69, 9.17) is 10.3 Å². The number of aromatic nitrogens is 2.